The standard InChI is InChI=1S/C19H28N2O4S/c1-3-26(23,24)21-11-9-14(10-12-21)19(22)20-18-6-4-5-15-13-16(25-2)7-8-17(15)18/h7-8,13-14,18H,3-6,9-12H2,1-2H3,(H,20,22)/t18-/m1/s1. The molecular formula is C19H28N2O4S. The highest BCUT2D eigenvalue weighted by molar-refractivity contribution is 7.89. The van der Waals surface area contributed by atoms with Crippen LogP contribution in [0.25, 0.3) is 0 Å². The van der Waals surface area contributed by atoms with Gasteiger partial charge in [0.1, 0.15) is 5.75 Å². The summed E-state index contributed by atoms with van der Waals surface area (Å²) in [6.45, 7) is 2.53. The second-order valence-electron chi connectivity index (χ2n) is 7.09. The van der Waals surface area contributed by atoms with E-state index < -0.39 is 10.0 Å². The van der Waals surface area contributed by atoms with E-state index in [1.54, 1.807) is 14.0 Å². The molecule has 1 aromatic rings. The number of sulfonamides is 1. The fraction of sp³-hybridized carbons (Fsp3) is 0.632. The van der Waals surface area contributed by atoms with Gasteiger partial charge in [-0.3, -0.25) is 4.79 Å². The third kappa shape index (κ3) is 4.04. The number of carbonyl (C=O) groups excluding carboxylic acids is 1. The Balaban J connectivity index is 1.62. The Hall–Kier alpha value is -1.60. The Labute approximate surface area is 156 Å². The molecule has 1 aromatic carbocycles. The van der Waals surface area contributed by atoms with Crippen molar-refractivity contribution in [3.63, 3.8) is 0 Å². The number of piperidine rings is 1. The van der Waals surface area contributed by atoms with Crippen LogP contribution in [0.5, 0.6) is 5.75 Å². The highest BCUT2D eigenvalue weighted by atomic mass is 32.2. The lowest BCUT2D eigenvalue weighted by atomic mass is 9.86. The van der Waals surface area contributed by atoms with Gasteiger partial charge < -0.3 is 10.1 Å². The zero-order valence-corrected chi connectivity index (χ0v) is 16.3. The maximum absolute atomic E-state index is 12.7. The monoisotopic (exact) mass is 380 g/mol. The summed E-state index contributed by atoms with van der Waals surface area (Å²) >= 11 is 0. The van der Waals surface area contributed by atoms with Gasteiger partial charge in [-0.25, -0.2) is 12.7 Å². The van der Waals surface area contributed by atoms with Gasteiger partial charge >= 0.3 is 0 Å². The largest absolute Gasteiger partial charge is 0.497 e. The summed E-state index contributed by atoms with van der Waals surface area (Å²) in [6, 6.07) is 6.09. The Morgan fingerprint density at radius 1 is 1.27 bits per heavy atom. The molecule has 2 aliphatic rings. The number of nitrogens with one attached hydrogen (secondary N) is 1. The molecule has 0 radical (unpaired) electrons. The van der Waals surface area contributed by atoms with Crippen molar-refractivity contribution in [1.29, 1.82) is 0 Å². The van der Waals surface area contributed by atoms with Crippen LogP contribution < -0.4 is 10.1 Å². The second kappa shape index (κ2) is 7.96. The van der Waals surface area contributed by atoms with Crippen molar-refractivity contribution >= 4 is 15.9 Å². The molecule has 0 unspecified atom stereocenters. The lowest BCUT2D eigenvalue weighted by Crippen LogP contribution is -2.44. The molecule has 6 nitrogen and oxygen atoms in total. The number of nitrogens with zero attached hydrogens (tertiary/aromatic N) is 1. The van der Waals surface area contributed by atoms with Crippen LogP contribution in [0.4, 0.5) is 0 Å². The third-order valence-corrected chi connectivity index (χ3v) is 7.45. The van der Waals surface area contributed by atoms with Crippen LogP contribution in [-0.4, -0.2) is 44.6 Å². The Morgan fingerprint density at radius 2 is 2.00 bits per heavy atom. The summed E-state index contributed by atoms with van der Waals surface area (Å²) in [5.74, 6) is 0.904. The molecule has 3 rings (SSSR count). The van der Waals surface area contributed by atoms with Gasteiger partial charge in [-0.05, 0) is 62.3 Å². The first kappa shape index (κ1) is 19.2. The maximum Gasteiger partial charge on any atom is 0.223 e. The SMILES string of the molecule is CCS(=O)(=O)N1CCC(C(=O)N[C@@H]2CCCc3cc(OC)ccc32)CC1. The fourth-order valence-electron chi connectivity index (χ4n) is 3.94. The van der Waals surface area contributed by atoms with Crippen molar-refractivity contribution in [2.24, 2.45) is 5.92 Å². The minimum atomic E-state index is -3.15. The quantitative estimate of drug-likeness (QED) is 0.850. The van der Waals surface area contributed by atoms with Gasteiger partial charge in [0, 0.05) is 19.0 Å². The summed E-state index contributed by atoms with van der Waals surface area (Å²) in [5, 5.41) is 3.20. The molecule has 26 heavy (non-hydrogen) atoms. The van der Waals surface area contributed by atoms with Crippen LogP contribution in [0, 0.1) is 5.92 Å². The molecule has 1 atom stereocenters. The zero-order chi connectivity index (χ0) is 18.7. The molecule has 1 N–H and O–H groups in total. The van der Waals surface area contributed by atoms with Gasteiger partial charge in [-0.1, -0.05) is 6.07 Å². The van der Waals surface area contributed by atoms with Crippen molar-refractivity contribution in [2.75, 3.05) is 26.0 Å². The molecule has 0 spiro atoms. The van der Waals surface area contributed by atoms with E-state index in [2.05, 4.69) is 17.4 Å². The summed E-state index contributed by atoms with van der Waals surface area (Å²) in [4.78, 5) is 12.7. The molecule has 144 valence electrons. The minimum absolute atomic E-state index is 0.0366. The topological polar surface area (TPSA) is 75.7 Å². The first-order valence-electron chi connectivity index (χ1n) is 9.39. The number of aryl methyl sites for hydroxylation is 1. The summed E-state index contributed by atoms with van der Waals surface area (Å²) < 4.78 is 30.7. The van der Waals surface area contributed by atoms with Crippen LogP contribution in [0.2, 0.25) is 0 Å². The molecule has 0 saturated carbocycles. The normalized spacial score (nSPS) is 21.8. The molecule has 0 aromatic heterocycles. The molecule has 1 aliphatic heterocycles. The summed E-state index contributed by atoms with van der Waals surface area (Å²) in [6.07, 6.45) is 4.17. The molecule has 0 bridgehead atoms. The number of methoxy groups -OCH3 is 1. The number of carbonyl (C=O) groups is 1. The van der Waals surface area contributed by atoms with Crippen molar-refractivity contribution in [2.45, 2.75) is 45.1 Å². The van der Waals surface area contributed by atoms with E-state index in [0.29, 0.717) is 25.9 Å². The highest BCUT2D eigenvalue weighted by Gasteiger charge is 2.32. The van der Waals surface area contributed by atoms with Crippen molar-refractivity contribution < 1.29 is 17.9 Å². The Bertz CT molecular complexity index is 755. The molecule has 1 amide bonds. The predicted molar refractivity (Wildman–Crippen MR) is 101 cm³/mol. The second-order valence-corrected chi connectivity index (χ2v) is 9.35. The van der Waals surface area contributed by atoms with Gasteiger partial charge in [0.15, 0.2) is 0 Å². The van der Waals surface area contributed by atoms with E-state index >= 15 is 0 Å². The Kier molecular flexibility index (Phi) is 5.87. The van der Waals surface area contributed by atoms with Crippen LogP contribution in [0.15, 0.2) is 18.2 Å². The number of hydrogen-bond donors (Lipinski definition) is 1. The zero-order valence-electron chi connectivity index (χ0n) is 15.5. The smallest absolute Gasteiger partial charge is 0.223 e. The van der Waals surface area contributed by atoms with E-state index in [4.69, 9.17) is 4.74 Å². The number of hydrogen-bond acceptors (Lipinski definition) is 4. The molecule has 1 saturated heterocycles. The van der Waals surface area contributed by atoms with Crippen LogP contribution in [0.3, 0.4) is 0 Å². The van der Waals surface area contributed by atoms with Gasteiger partial charge in [-0.15, -0.1) is 0 Å². The number of ether oxygens (including phenoxy) is 1. The molecular weight excluding hydrogens is 352 g/mol. The van der Waals surface area contributed by atoms with Crippen molar-refractivity contribution in [3.8, 4) is 5.75 Å². The van der Waals surface area contributed by atoms with Crippen LogP contribution in [-0.2, 0) is 21.2 Å². The first-order chi connectivity index (χ1) is 12.4. The van der Waals surface area contributed by atoms with Gasteiger partial charge in [0.2, 0.25) is 15.9 Å². The van der Waals surface area contributed by atoms with E-state index in [9.17, 15) is 13.2 Å². The van der Waals surface area contributed by atoms with E-state index in [0.717, 1.165) is 25.0 Å². The van der Waals surface area contributed by atoms with E-state index in [-0.39, 0.29) is 23.6 Å². The highest BCUT2D eigenvalue weighted by Crippen LogP contribution is 2.33. The number of benzene rings is 1. The van der Waals surface area contributed by atoms with Crippen LogP contribution >= 0.6 is 0 Å². The first-order valence-corrected chi connectivity index (χ1v) is 11.0. The number of fused-ring (bicyclic) bond motifs is 1. The number of rotatable bonds is 5. The molecule has 7 heteroatoms. The van der Waals surface area contributed by atoms with Crippen LogP contribution in [0.1, 0.15) is 49.8 Å². The fourth-order valence-corrected chi connectivity index (χ4v) is 5.07. The predicted octanol–water partition coefficient (Wildman–Crippen LogP) is 2.25. The summed E-state index contributed by atoms with van der Waals surface area (Å²) in [7, 11) is -1.49. The van der Waals surface area contributed by atoms with Gasteiger partial charge in [0.25, 0.3) is 0 Å². The Morgan fingerprint density at radius 3 is 2.65 bits per heavy atom. The average Bonchev–Trinajstić information content (AvgIpc) is 2.67. The lowest BCUT2D eigenvalue weighted by molar-refractivity contribution is -0.127. The maximum atomic E-state index is 12.7. The lowest BCUT2D eigenvalue weighted by Gasteiger charge is -2.32. The summed E-state index contributed by atoms with van der Waals surface area (Å²) in [5.41, 5.74) is 2.42. The van der Waals surface area contributed by atoms with Crippen molar-refractivity contribution in [1.82, 2.24) is 9.62 Å². The van der Waals surface area contributed by atoms with E-state index in [1.165, 1.54) is 15.4 Å². The molecule has 1 heterocycles. The number of amides is 1. The van der Waals surface area contributed by atoms with Crippen molar-refractivity contribution in [3.05, 3.63) is 29.3 Å². The minimum Gasteiger partial charge on any atom is -0.497 e. The van der Waals surface area contributed by atoms with E-state index in [1.807, 2.05) is 6.07 Å². The molecule has 1 aliphatic carbocycles. The van der Waals surface area contributed by atoms with Gasteiger partial charge in [0.05, 0.1) is 18.9 Å². The molecule has 1 fully saturated rings. The van der Waals surface area contributed by atoms with Gasteiger partial charge in [-0.2, -0.15) is 0 Å². The third-order valence-electron chi connectivity index (χ3n) is 5.56. The average molecular weight is 381 g/mol.